The molecule has 1 heterocycles. The third kappa shape index (κ3) is 3.19. The summed E-state index contributed by atoms with van der Waals surface area (Å²) in [6, 6.07) is 6.29. The summed E-state index contributed by atoms with van der Waals surface area (Å²) in [6.45, 7) is 2.21. The third-order valence-corrected chi connectivity index (χ3v) is 3.41. The Morgan fingerprint density at radius 2 is 2.24 bits per heavy atom. The van der Waals surface area contributed by atoms with Gasteiger partial charge in [-0.2, -0.15) is 0 Å². The van der Waals surface area contributed by atoms with E-state index in [1.54, 1.807) is 12.1 Å². The van der Waals surface area contributed by atoms with Crippen LogP contribution >= 0.6 is 0 Å². The molecule has 0 spiro atoms. The molecule has 1 fully saturated rings. The van der Waals surface area contributed by atoms with Crippen molar-refractivity contribution in [1.82, 2.24) is 5.32 Å². The first-order chi connectivity index (χ1) is 8.19. The summed E-state index contributed by atoms with van der Waals surface area (Å²) >= 11 is 0. The zero-order valence-electron chi connectivity index (χ0n) is 10.5. The molecule has 1 aliphatic heterocycles. The summed E-state index contributed by atoms with van der Waals surface area (Å²) in [5.74, 6) is 0.0487. The van der Waals surface area contributed by atoms with Crippen LogP contribution in [0.1, 0.15) is 31.7 Å². The smallest absolute Gasteiger partial charge is 0.165 e. The lowest BCUT2D eigenvalue weighted by molar-refractivity contribution is 0.333. The molecule has 0 aromatic heterocycles. The number of hydrogen-bond acceptors (Lipinski definition) is 2. The SMILES string of the molecule is COc1ccc(CC2CCCC(C)N2)cc1F. The van der Waals surface area contributed by atoms with E-state index in [9.17, 15) is 4.39 Å². The zero-order valence-corrected chi connectivity index (χ0v) is 10.5. The molecular weight excluding hydrogens is 217 g/mol. The molecule has 1 saturated heterocycles. The van der Waals surface area contributed by atoms with Crippen molar-refractivity contribution in [1.29, 1.82) is 0 Å². The minimum Gasteiger partial charge on any atom is -0.494 e. The molecule has 1 aliphatic rings. The molecule has 94 valence electrons. The lowest BCUT2D eigenvalue weighted by Crippen LogP contribution is -2.41. The highest BCUT2D eigenvalue weighted by atomic mass is 19.1. The Morgan fingerprint density at radius 1 is 1.41 bits per heavy atom. The van der Waals surface area contributed by atoms with Crippen molar-refractivity contribution in [3.63, 3.8) is 0 Å². The molecule has 17 heavy (non-hydrogen) atoms. The van der Waals surface area contributed by atoms with Crippen molar-refractivity contribution >= 4 is 0 Å². The molecule has 1 aromatic carbocycles. The maximum atomic E-state index is 13.5. The Hall–Kier alpha value is -1.09. The number of nitrogens with one attached hydrogen (secondary N) is 1. The van der Waals surface area contributed by atoms with Crippen LogP contribution in [0.4, 0.5) is 4.39 Å². The van der Waals surface area contributed by atoms with Gasteiger partial charge in [0.05, 0.1) is 7.11 Å². The Labute approximate surface area is 102 Å². The van der Waals surface area contributed by atoms with Gasteiger partial charge in [-0.15, -0.1) is 0 Å². The second-order valence-electron chi connectivity index (χ2n) is 4.87. The van der Waals surface area contributed by atoms with E-state index in [0.717, 1.165) is 12.0 Å². The van der Waals surface area contributed by atoms with Gasteiger partial charge < -0.3 is 10.1 Å². The fourth-order valence-corrected chi connectivity index (χ4v) is 2.52. The summed E-state index contributed by atoms with van der Waals surface area (Å²) in [6.07, 6.45) is 4.58. The zero-order chi connectivity index (χ0) is 12.3. The van der Waals surface area contributed by atoms with E-state index in [-0.39, 0.29) is 5.82 Å². The minimum absolute atomic E-state index is 0.270. The van der Waals surface area contributed by atoms with E-state index >= 15 is 0 Å². The predicted octanol–water partition coefficient (Wildman–Crippen LogP) is 2.91. The molecule has 0 amide bonds. The van der Waals surface area contributed by atoms with Crippen LogP contribution in [0.15, 0.2) is 18.2 Å². The van der Waals surface area contributed by atoms with Gasteiger partial charge in [-0.3, -0.25) is 0 Å². The Bertz CT molecular complexity index is 380. The molecule has 2 rings (SSSR count). The monoisotopic (exact) mass is 237 g/mol. The number of rotatable bonds is 3. The van der Waals surface area contributed by atoms with E-state index in [4.69, 9.17) is 4.74 Å². The van der Waals surface area contributed by atoms with Crippen LogP contribution in [0.2, 0.25) is 0 Å². The summed E-state index contributed by atoms with van der Waals surface area (Å²) in [5.41, 5.74) is 1.04. The van der Waals surface area contributed by atoms with E-state index in [1.165, 1.54) is 26.4 Å². The molecule has 1 N–H and O–H groups in total. The Morgan fingerprint density at radius 3 is 2.88 bits per heavy atom. The first-order valence-electron chi connectivity index (χ1n) is 6.27. The van der Waals surface area contributed by atoms with Crippen LogP contribution in [0.25, 0.3) is 0 Å². The second-order valence-corrected chi connectivity index (χ2v) is 4.87. The second kappa shape index (κ2) is 5.50. The fourth-order valence-electron chi connectivity index (χ4n) is 2.52. The van der Waals surface area contributed by atoms with Gasteiger partial charge >= 0.3 is 0 Å². The average molecular weight is 237 g/mol. The molecular formula is C14H20FNO. The predicted molar refractivity (Wildman–Crippen MR) is 66.9 cm³/mol. The molecule has 2 unspecified atom stereocenters. The van der Waals surface area contributed by atoms with Gasteiger partial charge in [0, 0.05) is 12.1 Å². The summed E-state index contributed by atoms with van der Waals surface area (Å²) in [5, 5.41) is 3.56. The largest absolute Gasteiger partial charge is 0.494 e. The van der Waals surface area contributed by atoms with Crippen LogP contribution in [0.5, 0.6) is 5.75 Å². The number of methoxy groups -OCH3 is 1. The van der Waals surface area contributed by atoms with E-state index < -0.39 is 0 Å². The number of piperidine rings is 1. The van der Waals surface area contributed by atoms with Gasteiger partial charge in [-0.1, -0.05) is 12.5 Å². The highest BCUT2D eigenvalue weighted by Crippen LogP contribution is 2.21. The molecule has 0 radical (unpaired) electrons. The first-order valence-corrected chi connectivity index (χ1v) is 6.27. The Balaban J connectivity index is 2.00. The van der Waals surface area contributed by atoms with Gasteiger partial charge in [0.1, 0.15) is 0 Å². The lowest BCUT2D eigenvalue weighted by atomic mass is 9.94. The van der Waals surface area contributed by atoms with Crippen molar-refractivity contribution in [2.75, 3.05) is 7.11 Å². The molecule has 0 aliphatic carbocycles. The fraction of sp³-hybridized carbons (Fsp3) is 0.571. The molecule has 3 heteroatoms. The summed E-state index contributed by atoms with van der Waals surface area (Å²) in [4.78, 5) is 0. The van der Waals surface area contributed by atoms with Crippen molar-refractivity contribution in [2.24, 2.45) is 0 Å². The maximum absolute atomic E-state index is 13.5. The van der Waals surface area contributed by atoms with Crippen molar-refractivity contribution in [2.45, 2.75) is 44.7 Å². The Kier molecular flexibility index (Phi) is 4.00. The normalized spacial score (nSPS) is 24.6. The molecule has 2 atom stereocenters. The first kappa shape index (κ1) is 12.4. The molecule has 0 saturated carbocycles. The van der Waals surface area contributed by atoms with Crippen LogP contribution < -0.4 is 10.1 Å². The molecule has 1 aromatic rings. The summed E-state index contributed by atoms with van der Waals surface area (Å²) < 4.78 is 18.5. The highest BCUT2D eigenvalue weighted by molar-refractivity contribution is 5.29. The number of benzene rings is 1. The minimum atomic E-state index is -0.270. The quantitative estimate of drug-likeness (QED) is 0.872. The van der Waals surface area contributed by atoms with Crippen LogP contribution in [0, 0.1) is 5.82 Å². The van der Waals surface area contributed by atoms with Crippen molar-refractivity contribution in [3.8, 4) is 5.75 Å². The standard InChI is InChI=1S/C14H20FNO/c1-10-4-3-5-12(16-10)8-11-6-7-14(17-2)13(15)9-11/h6-7,9-10,12,16H,3-5,8H2,1-2H3. The number of halogens is 1. The van der Waals surface area contributed by atoms with Crippen LogP contribution in [-0.4, -0.2) is 19.2 Å². The van der Waals surface area contributed by atoms with E-state index in [0.29, 0.717) is 17.8 Å². The van der Waals surface area contributed by atoms with Gasteiger partial charge in [0.2, 0.25) is 0 Å². The molecule has 2 nitrogen and oxygen atoms in total. The van der Waals surface area contributed by atoms with Crippen LogP contribution in [0.3, 0.4) is 0 Å². The van der Waals surface area contributed by atoms with E-state index in [1.807, 2.05) is 6.07 Å². The topological polar surface area (TPSA) is 21.3 Å². The van der Waals surface area contributed by atoms with Gasteiger partial charge in [-0.25, -0.2) is 4.39 Å². The highest BCUT2D eigenvalue weighted by Gasteiger charge is 2.18. The molecule has 0 bridgehead atoms. The van der Waals surface area contributed by atoms with Gasteiger partial charge in [0.15, 0.2) is 11.6 Å². The van der Waals surface area contributed by atoms with E-state index in [2.05, 4.69) is 12.2 Å². The van der Waals surface area contributed by atoms with Crippen molar-refractivity contribution in [3.05, 3.63) is 29.6 Å². The lowest BCUT2D eigenvalue weighted by Gasteiger charge is -2.28. The maximum Gasteiger partial charge on any atom is 0.165 e. The van der Waals surface area contributed by atoms with Crippen molar-refractivity contribution < 1.29 is 9.13 Å². The van der Waals surface area contributed by atoms with Gasteiger partial charge in [0.25, 0.3) is 0 Å². The average Bonchev–Trinajstić information content (AvgIpc) is 2.29. The summed E-state index contributed by atoms with van der Waals surface area (Å²) in [7, 11) is 1.49. The number of ether oxygens (including phenoxy) is 1. The van der Waals surface area contributed by atoms with Gasteiger partial charge in [-0.05, 0) is 43.9 Å². The number of hydrogen-bond donors (Lipinski definition) is 1. The van der Waals surface area contributed by atoms with Crippen LogP contribution in [-0.2, 0) is 6.42 Å². The third-order valence-electron chi connectivity index (χ3n) is 3.41.